The second-order valence-corrected chi connectivity index (χ2v) is 5.31. The fourth-order valence-corrected chi connectivity index (χ4v) is 2.27. The van der Waals surface area contributed by atoms with Crippen LogP contribution in [-0.4, -0.2) is 48.8 Å². The van der Waals surface area contributed by atoms with E-state index in [1.54, 1.807) is 36.4 Å². The van der Waals surface area contributed by atoms with E-state index in [0.29, 0.717) is 23.5 Å². The van der Waals surface area contributed by atoms with Gasteiger partial charge < -0.3 is 10.2 Å². The van der Waals surface area contributed by atoms with Crippen molar-refractivity contribution in [2.24, 2.45) is 0 Å². The number of nitrogens with zero attached hydrogens (tertiary/aromatic N) is 4. The molecule has 126 valence electrons. The average Bonchev–Trinajstić information content (AvgIpc) is 3.10. The van der Waals surface area contributed by atoms with Gasteiger partial charge in [-0.2, -0.15) is 4.80 Å². The molecule has 2 N–H and O–H groups in total. The lowest BCUT2D eigenvalue weighted by Crippen LogP contribution is -2.06. The lowest BCUT2D eigenvalue weighted by atomic mass is 10.1. The third-order valence-electron chi connectivity index (χ3n) is 3.56. The minimum atomic E-state index is -1.02. The maximum absolute atomic E-state index is 11.4. The number of Topliss-reactive ketones (excluding diaryl/α,β-unsaturated/α-hetero) is 1. The largest absolute Gasteiger partial charge is 0.478 e. The van der Waals surface area contributed by atoms with Crippen molar-refractivity contribution in [3.05, 3.63) is 65.2 Å². The highest BCUT2D eigenvalue weighted by Crippen LogP contribution is 2.16. The van der Waals surface area contributed by atoms with Crippen molar-refractivity contribution in [1.29, 1.82) is 0 Å². The summed E-state index contributed by atoms with van der Waals surface area (Å²) in [4.78, 5) is 23.8. The molecule has 0 amide bonds. The Bertz CT molecular complexity index is 918. The molecular formula is C17H14N4O4. The van der Waals surface area contributed by atoms with E-state index in [2.05, 4.69) is 15.4 Å². The number of hydrogen-bond acceptors (Lipinski definition) is 6. The normalized spacial score (nSPS) is 10.6. The summed E-state index contributed by atoms with van der Waals surface area (Å²) in [6.07, 6.45) is 0. The van der Waals surface area contributed by atoms with Gasteiger partial charge in [-0.05, 0) is 22.9 Å². The SMILES string of the molecule is O=C(O)c1cccc(-c2nnn(Cc3ccc(C(=O)CO)cc3)n2)c1. The molecule has 1 aromatic heterocycles. The van der Waals surface area contributed by atoms with Crippen molar-refractivity contribution >= 4 is 11.8 Å². The Morgan fingerprint density at radius 3 is 2.48 bits per heavy atom. The standard InChI is InChI=1S/C17H14N4O4/c22-10-15(23)12-6-4-11(5-7-12)9-21-19-16(18-20-21)13-2-1-3-14(8-13)17(24)25/h1-8,22H,9-10H2,(H,24,25). The predicted octanol–water partition coefficient (Wildman–Crippen LogP) is 1.26. The minimum absolute atomic E-state index is 0.151. The molecule has 25 heavy (non-hydrogen) atoms. The zero-order valence-corrected chi connectivity index (χ0v) is 13.0. The number of aromatic nitrogens is 4. The van der Waals surface area contributed by atoms with Crippen molar-refractivity contribution in [2.75, 3.05) is 6.61 Å². The van der Waals surface area contributed by atoms with Gasteiger partial charge in [0.25, 0.3) is 0 Å². The van der Waals surface area contributed by atoms with Gasteiger partial charge in [-0.1, -0.05) is 36.4 Å². The summed E-state index contributed by atoms with van der Waals surface area (Å²) in [5.74, 6) is -1.03. The van der Waals surface area contributed by atoms with E-state index >= 15 is 0 Å². The number of aliphatic hydroxyl groups excluding tert-OH is 1. The van der Waals surface area contributed by atoms with E-state index in [4.69, 9.17) is 10.2 Å². The molecule has 0 aliphatic carbocycles. The fourth-order valence-electron chi connectivity index (χ4n) is 2.27. The topological polar surface area (TPSA) is 118 Å². The monoisotopic (exact) mass is 338 g/mol. The molecule has 0 bridgehead atoms. The van der Waals surface area contributed by atoms with Gasteiger partial charge in [0, 0.05) is 11.1 Å². The molecule has 1 heterocycles. The molecule has 0 saturated carbocycles. The molecule has 0 fully saturated rings. The highest BCUT2D eigenvalue weighted by atomic mass is 16.4. The summed E-state index contributed by atoms with van der Waals surface area (Å²) in [6.45, 7) is -0.179. The number of carbonyl (C=O) groups is 2. The van der Waals surface area contributed by atoms with Crippen LogP contribution < -0.4 is 0 Å². The second kappa shape index (κ2) is 7.02. The number of carboxylic acids is 1. The van der Waals surface area contributed by atoms with Crippen LogP contribution in [0.5, 0.6) is 0 Å². The number of hydrogen-bond donors (Lipinski definition) is 2. The van der Waals surface area contributed by atoms with Crippen molar-refractivity contribution in [1.82, 2.24) is 20.2 Å². The first-order valence-electron chi connectivity index (χ1n) is 7.41. The van der Waals surface area contributed by atoms with Crippen LogP contribution in [0, 0.1) is 0 Å². The molecule has 2 aromatic carbocycles. The molecule has 3 aromatic rings. The molecule has 3 rings (SSSR count). The molecule has 8 nitrogen and oxygen atoms in total. The molecule has 0 spiro atoms. The van der Waals surface area contributed by atoms with Crippen LogP contribution in [0.25, 0.3) is 11.4 Å². The average molecular weight is 338 g/mol. The lowest BCUT2D eigenvalue weighted by Gasteiger charge is -2.02. The summed E-state index contributed by atoms with van der Waals surface area (Å²) in [5.41, 5.74) is 2.01. The van der Waals surface area contributed by atoms with Gasteiger partial charge in [0.2, 0.25) is 5.82 Å². The summed E-state index contributed by atoms with van der Waals surface area (Å²) < 4.78 is 0. The van der Waals surface area contributed by atoms with E-state index in [1.165, 1.54) is 16.9 Å². The Labute approximate surface area is 142 Å². The molecule has 0 aliphatic heterocycles. The smallest absolute Gasteiger partial charge is 0.335 e. The number of rotatable bonds is 6. The zero-order chi connectivity index (χ0) is 17.8. The molecule has 8 heteroatoms. The molecule has 0 radical (unpaired) electrons. The second-order valence-electron chi connectivity index (χ2n) is 5.31. The quantitative estimate of drug-likeness (QED) is 0.650. The number of tetrazole rings is 1. The Morgan fingerprint density at radius 2 is 1.80 bits per heavy atom. The summed E-state index contributed by atoms with van der Waals surface area (Å²) in [7, 11) is 0. The molecule has 0 atom stereocenters. The van der Waals surface area contributed by atoms with Gasteiger partial charge in [0.15, 0.2) is 5.78 Å². The lowest BCUT2D eigenvalue weighted by molar-refractivity contribution is 0.0696. The Balaban J connectivity index is 1.77. The number of aliphatic hydroxyl groups is 1. The van der Waals surface area contributed by atoms with Crippen LogP contribution in [0.3, 0.4) is 0 Å². The van der Waals surface area contributed by atoms with Gasteiger partial charge in [0.05, 0.1) is 12.1 Å². The first kappa shape index (κ1) is 16.5. The minimum Gasteiger partial charge on any atom is -0.478 e. The summed E-state index contributed by atoms with van der Waals surface area (Å²) in [6, 6.07) is 13.1. The van der Waals surface area contributed by atoms with E-state index in [0.717, 1.165) is 5.56 Å². The van der Waals surface area contributed by atoms with E-state index < -0.39 is 12.6 Å². The number of benzene rings is 2. The first-order chi connectivity index (χ1) is 12.1. The van der Waals surface area contributed by atoms with Crippen LogP contribution in [0.4, 0.5) is 0 Å². The Kier molecular flexibility index (Phi) is 4.62. The van der Waals surface area contributed by atoms with Crippen LogP contribution in [0.2, 0.25) is 0 Å². The van der Waals surface area contributed by atoms with E-state index in [9.17, 15) is 9.59 Å². The van der Waals surface area contributed by atoms with Crippen molar-refractivity contribution < 1.29 is 19.8 Å². The van der Waals surface area contributed by atoms with Crippen molar-refractivity contribution in [3.63, 3.8) is 0 Å². The highest BCUT2D eigenvalue weighted by Gasteiger charge is 2.10. The van der Waals surface area contributed by atoms with Crippen molar-refractivity contribution in [3.8, 4) is 11.4 Å². The van der Waals surface area contributed by atoms with Crippen LogP contribution in [0.1, 0.15) is 26.3 Å². The van der Waals surface area contributed by atoms with Gasteiger partial charge >= 0.3 is 5.97 Å². The molecular weight excluding hydrogens is 324 g/mol. The first-order valence-corrected chi connectivity index (χ1v) is 7.41. The van der Waals surface area contributed by atoms with Gasteiger partial charge in [-0.15, -0.1) is 10.2 Å². The number of aromatic carboxylic acids is 1. The third kappa shape index (κ3) is 3.75. The molecule has 0 aliphatic rings. The number of carboxylic acid groups (broad SMARTS) is 1. The molecule has 0 saturated heterocycles. The van der Waals surface area contributed by atoms with Gasteiger partial charge in [0.1, 0.15) is 6.61 Å². The maximum atomic E-state index is 11.4. The fraction of sp³-hybridized carbons (Fsp3) is 0.118. The Hall–Kier alpha value is -3.39. The third-order valence-corrected chi connectivity index (χ3v) is 3.56. The highest BCUT2D eigenvalue weighted by molar-refractivity contribution is 5.96. The Morgan fingerprint density at radius 1 is 1.04 bits per heavy atom. The van der Waals surface area contributed by atoms with Gasteiger partial charge in [-0.3, -0.25) is 4.79 Å². The van der Waals surface area contributed by atoms with Crippen LogP contribution >= 0.6 is 0 Å². The predicted molar refractivity (Wildman–Crippen MR) is 87.2 cm³/mol. The van der Waals surface area contributed by atoms with Crippen LogP contribution in [-0.2, 0) is 6.54 Å². The van der Waals surface area contributed by atoms with Crippen molar-refractivity contribution in [2.45, 2.75) is 6.54 Å². The van der Waals surface area contributed by atoms with E-state index in [1.807, 2.05) is 0 Å². The summed E-state index contributed by atoms with van der Waals surface area (Å²) >= 11 is 0. The number of carbonyl (C=O) groups excluding carboxylic acids is 1. The number of ketones is 1. The summed E-state index contributed by atoms with van der Waals surface area (Å²) in [5, 5.41) is 30.0. The van der Waals surface area contributed by atoms with E-state index in [-0.39, 0.29) is 11.3 Å². The maximum Gasteiger partial charge on any atom is 0.335 e. The zero-order valence-electron chi connectivity index (χ0n) is 13.0. The molecule has 0 unspecified atom stereocenters. The van der Waals surface area contributed by atoms with Gasteiger partial charge in [-0.25, -0.2) is 4.79 Å². The van der Waals surface area contributed by atoms with Crippen LogP contribution in [0.15, 0.2) is 48.5 Å².